The molecule has 0 spiro atoms. The van der Waals surface area contributed by atoms with Crippen LogP contribution in [0.15, 0.2) is 0 Å². The minimum Gasteiger partial charge on any atom is -0.313 e. The molecule has 2 aliphatic rings. The second kappa shape index (κ2) is 8.56. The Labute approximate surface area is 124 Å². The molecule has 112 valence electrons. The molecule has 19 heavy (non-hydrogen) atoms. The maximum atomic E-state index is 3.91. The molecule has 0 heterocycles. The lowest BCUT2D eigenvalue weighted by Gasteiger charge is -2.22. The molecule has 0 aromatic rings. The van der Waals surface area contributed by atoms with Crippen LogP contribution in [0.1, 0.15) is 83.5 Å². The molecular weight excluding hydrogens is 250 g/mol. The van der Waals surface area contributed by atoms with Crippen LogP contribution in [0.25, 0.3) is 0 Å². The SMILES string of the molecule is CSC1(CNC2CCCCCCCCCCC2)CC1. The highest BCUT2D eigenvalue weighted by atomic mass is 32.2. The predicted octanol–water partition coefficient (Wildman–Crippen LogP) is 5.14. The zero-order valence-electron chi connectivity index (χ0n) is 12.9. The van der Waals surface area contributed by atoms with Crippen LogP contribution in [-0.4, -0.2) is 23.6 Å². The van der Waals surface area contributed by atoms with E-state index < -0.39 is 0 Å². The smallest absolute Gasteiger partial charge is 0.0282 e. The van der Waals surface area contributed by atoms with Crippen molar-refractivity contribution < 1.29 is 0 Å². The Morgan fingerprint density at radius 2 is 1.32 bits per heavy atom. The highest BCUT2D eigenvalue weighted by molar-refractivity contribution is 8.00. The second-order valence-electron chi connectivity index (χ2n) is 6.72. The van der Waals surface area contributed by atoms with E-state index in [1.807, 2.05) is 0 Å². The molecule has 0 radical (unpaired) electrons. The van der Waals surface area contributed by atoms with E-state index in [0.717, 1.165) is 6.04 Å². The average molecular weight is 284 g/mol. The molecule has 0 aliphatic heterocycles. The minimum atomic E-state index is 0.629. The van der Waals surface area contributed by atoms with Gasteiger partial charge in [-0.1, -0.05) is 57.8 Å². The first kappa shape index (κ1) is 15.7. The summed E-state index contributed by atoms with van der Waals surface area (Å²) in [5.41, 5.74) is 0. The van der Waals surface area contributed by atoms with Crippen molar-refractivity contribution in [1.82, 2.24) is 5.32 Å². The molecule has 0 aromatic carbocycles. The Hall–Kier alpha value is 0.310. The van der Waals surface area contributed by atoms with Crippen LogP contribution in [0.4, 0.5) is 0 Å². The van der Waals surface area contributed by atoms with Crippen molar-refractivity contribution >= 4 is 11.8 Å². The van der Waals surface area contributed by atoms with E-state index in [4.69, 9.17) is 0 Å². The van der Waals surface area contributed by atoms with Gasteiger partial charge in [-0.25, -0.2) is 0 Å². The van der Waals surface area contributed by atoms with Gasteiger partial charge in [0.05, 0.1) is 0 Å². The summed E-state index contributed by atoms with van der Waals surface area (Å²) in [4.78, 5) is 0. The number of hydrogen-bond acceptors (Lipinski definition) is 2. The van der Waals surface area contributed by atoms with E-state index in [1.165, 1.54) is 90.0 Å². The summed E-state index contributed by atoms with van der Waals surface area (Å²) >= 11 is 2.09. The second-order valence-corrected chi connectivity index (χ2v) is 8.00. The van der Waals surface area contributed by atoms with Crippen LogP contribution in [0.2, 0.25) is 0 Å². The van der Waals surface area contributed by atoms with E-state index in [-0.39, 0.29) is 0 Å². The quantitative estimate of drug-likeness (QED) is 0.766. The van der Waals surface area contributed by atoms with Crippen LogP contribution >= 0.6 is 11.8 Å². The Morgan fingerprint density at radius 1 is 0.842 bits per heavy atom. The first-order chi connectivity index (χ1) is 9.35. The molecule has 2 rings (SSSR count). The lowest BCUT2D eigenvalue weighted by molar-refractivity contribution is 0.403. The van der Waals surface area contributed by atoms with Gasteiger partial charge >= 0.3 is 0 Å². The number of hydrogen-bond donors (Lipinski definition) is 1. The minimum absolute atomic E-state index is 0.629. The van der Waals surface area contributed by atoms with Crippen LogP contribution < -0.4 is 5.32 Å². The van der Waals surface area contributed by atoms with Gasteiger partial charge < -0.3 is 5.32 Å². The zero-order chi connectivity index (χ0) is 13.4. The van der Waals surface area contributed by atoms with E-state index in [9.17, 15) is 0 Å². The summed E-state index contributed by atoms with van der Waals surface area (Å²) < 4.78 is 0.629. The summed E-state index contributed by atoms with van der Waals surface area (Å²) in [6.07, 6.45) is 21.2. The van der Waals surface area contributed by atoms with Crippen molar-refractivity contribution in [3.63, 3.8) is 0 Å². The topological polar surface area (TPSA) is 12.0 Å². The van der Waals surface area contributed by atoms with E-state index in [0.29, 0.717) is 4.75 Å². The van der Waals surface area contributed by atoms with Gasteiger partial charge in [0.15, 0.2) is 0 Å². The van der Waals surface area contributed by atoms with E-state index in [1.54, 1.807) is 0 Å². The molecule has 0 aromatic heterocycles. The van der Waals surface area contributed by atoms with Gasteiger partial charge in [0, 0.05) is 17.3 Å². The first-order valence-corrected chi connectivity index (χ1v) is 9.86. The van der Waals surface area contributed by atoms with Gasteiger partial charge in [-0.3, -0.25) is 0 Å². The molecule has 0 atom stereocenters. The molecule has 2 saturated carbocycles. The van der Waals surface area contributed by atoms with Gasteiger partial charge in [0.1, 0.15) is 0 Å². The van der Waals surface area contributed by atoms with Crippen molar-refractivity contribution in [2.75, 3.05) is 12.8 Å². The lowest BCUT2D eigenvalue weighted by atomic mass is 9.98. The van der Waals surface area contributed by atoms with E-state index in [2.05, 4.69) is 23.3 Å². The molecule has 2 heteroatoms. The molecule has 2 fully saturated rings. The Balaban J connectivity index is 1.68. The summed E-state index contributed by atoms with van der Waals surface area (Å²) in [5, 5.41) is 3.91. The molecule has 2 aliphatic carbocycles. The molecule has 1 N–H and O–H groups in total. The normalized spacial score (nSPS) is 26.4. The number of nitrogens with one attached hydrogen (secondary N) is 1. The largest absolute Gasteiger partial charge is 0.313 e. The monoisotopic (exact) mass is 283 g/mol. The van der Waals surface area contributed by atoms with Crippen molar-refractivity contribution in [1.29, 1.82) is 0 Å². The molecule has 0 saturated heterocycles. The molecule has 0 amide bonds. The maximum Gasteiger partial charge on any atom is 0.0282 e. The number of rotatable bonds is 4. The van der Waals surface area contributed by atoms with Crippen molar-refractivity contribution in [3.05, 3.63) is 0 Å². The zero-order valence-corrected chi connectivity index (χ0v) is 13.7. The van der Waals surface area contributed by atoms with Gasteiger partial charge in [-0.15, -0.1) is 0 Å². The average Bonchev–Trinajstić information content (AvgIpc) is 3.19. The van der Waals surface area contributed by atoms with Crippen LogP contribution in [0.3, 0.4) is 0 Å². The van der Waals surface area contributed by atoms with Crippen molar-refractivity contribution in [2.24, 2.45) is 0 Å². The number of thioether (sulfide) groups is 1. The molecule has 1 nitrogen and oxygen atoms in total. The summed E-state index contributed by atoms with van der Waals surface area (Å²) in [7, 11) is 0. The van der Waals surface area contributed by atoms with Gasteiger partial charge in [0.25, 0.3) is 0 Å². The molecular formula is C17H33NS. The van der Waals surface area contributed by atoms with Crippen molar-refractivity contribution in [3.8, 4) is 0 Å². The van der Waals surface area contributed by atoms with E-state index >= 15 is 0 Å². The van der Waals surface area contributed by atoms with Crippen LogP contribution in [0, 0.1) is 0 Å². The third-order valence-electron chi connectivity index (χ3n) is 5.06. The lowest BCUT2D eigenvalue weighted by Crippen LogP contribution is -2.35. The van der Waals surface area contributed by atoms with Crippen LogP contribution in [-0.2, 0) is 0 Å². The summed E-state index contributed by atoms with van der Waals surface area (Å²) in [6.45, 7) is 1.26. The Kier molecular flexibility index (Phi) is 7.07. The highest BCUT2D eigenvalue weighted by Crippen LogP contribution is 2.46. The van der Waals surface area contributed by atoms with Gasteiger partial charge in [-0.05, 0) is 31.9 Å². The third kappa shape index (κ3) is 6.08. The standard InChI is InChI=1S/C17H33NS/c1-19-17(13-14-17)15-18-16-11-9-7-5-3-2-4-6-8-10-12-16/h16,18H,2-15H2,1H3. The van der Waals surface area contributed by atoms with Crippen LogP contribution in [0.5, 0.6) is 0 Å². The van der Waals surface area contributed by atoms with Gasteiger partial charge in [0.2, 0.25) is 0 Å². The van der Waals surface area contributed by atoms with Gasteiger partial charge in [-0.2, -0.15) is 11.8 Å². The molecule has 0 bridgehead atoms. The Morgan fingerprint density at radius 3 is 1.74 bits per heavy atom. The fourth-order valence-corrected chi connectivity index (χ4v) is 4.03. The fraction of sp³-hybridized carbons (Fsp3) is 1.00. The fourth-order valence-electron chi connectivity index (χ4n) is 3.29. The predicted molar refractivity (Wildman–Crippen MR) is 88.1 cm³/mol. The Bertz CT molecular complexity index is 225. The summed E-state index contributed by atoms with van der Waals surface area (Å²) in [6, 6.07) is 0.809. The first-order valence-electron chi connectivity index (χ1n) is 8.63. The molecule has 0 unspecified atom stereocenters. The summed E-state index contributed by atoms with van der Waals surface area (Å²) in [5.74, 6) is 0. The highest BCUT2D eigenvalue weighted by Gasteiger charge is 2.41. The maximum absolute atomic E-state index is 3.91. The van der Waals surface area contributed by atoms with Crippen molar-refractivity contribution in [2.45, 2.75) is 94.3 Å². The third-order valence-corrected chi connectivity index (χ3v) is 6.48.